The Morgan fingerprint density at radius 1 is 1.23 bits per heavy atom. The summed E-state index contributed by atoms with van der Waals surface area (Å²) in [4.78, 5) is 22.9. The molecule has 1 aromatic carbocycles. The van der Waals surface area contributed by atoms with Crippen molar-refractivity contribution in [3.05, 3.63) is 48.3 Å². The van der Waals surface area contributed by atoms with E-state index in [0.29, 0.717) is 24.0 Å². The lowest BCUT2D eigenvalue weighted by Crippen LogP contribution is -2.41. The summed E-state index contributed by atoms with van der Waals surface area (Å²) in [5.74, 6) is 0.639. The van der Waals surface area contributed by atoms with Crippen molar-refractivity contribution in [2.75, 3.05) is 38.1 Å². The molecule has 138 valence electrons. The van der Waals surface area contributed by atoms with Gasteiger partial charge in [-0.2, -0.15) is 0 Å². The van der Waals surface area contributed by atoms with Gasteiger partial charge in [0.2, 0.25) is 5.95 Å². The number of para-hydroxylation sites is 1. The lowest BCUT2D eigenvalue weighted by atomic mass is 9.99. The zero-order chi connectivity index (χ0) is 18.2. The first-order valence-corrected chi connectivity index (χ1v) is 9.00. The minimum Gasteiger partial charge on any atom is -0.396 e. The lowest BCUT2D eigenvalue weighted by molar-refractivity contribution is 0.0930. The fourth-order valence-electron chi connectivity index (χ4n) is 3.09. The maximum Gasteiger partial charge on any atom is 0.254 e. The molecule has 2 heterocycles. The van der Waals surface area contributed by atoms with Gasteiger partial charge in [0.15, 0.2) is 0 Å². The van der Waals surface area contributed by atoms with Crippen molar-refractivity contribution < 1.29 is 9.90 Å². The first kappa shape index (κ1) is 18.3. The monoisotopic (exact) mass is 355 g/mol. The summed E-state index contributed by atoms with van der Waals surface area (Å²) >= 11 is 0. The molecule has 3 rings (SSSR count). The predicted octanol–water partition coefficient (Wildman–Crippen LogP) is 1.65. The third-order valence-electron chi connectivity index (χ3n) is 4.52. The topological polar surface area (TPSA) is 90.4 Å². The van der Waals surface area contributed by atoms with Gasteiger partial charge in [-0.1, -0.05) is 18.2 Å². The van der Waals surface area contributed by atoms with E-state index in [4.69, 9.17) is 0 Å². The third-order valence-corrected chi connectivity index (χ3v) is 4.52. The molecule has 3 N–H and O–H groups in total. The van der Waals surface area contributed by atoms with E-state index in [1.54, 1.807) is 0 Å². The number of aromatic nitrogens is 2. The molecule has 1 saturated heterocycles. The number of piperidine rings is 1. The molecule has 26 heavy (non-hydrogen) atoms. The summed E-state index contributed by atoms with van der Waals surface area (Å²) < 4.78 is 0. The molecule has 7 nitrogen and oxygen atoms in total. The quantitative estimate of drug-likeness (QED) is 0.700. The van der Waals surface area contributed by atoms with E-state index in [1.165, 1.54) is 12.4 Å². The number of likely N-dealkylation sites (tertiary alicyclic amines) is 1. The highest BCUT2D eigenvalue weighted by Gasteiger charge is 2.18. The van der Waals surface area contributed by atoms with Crippen LogP contribution < -0.4 is 10.6 Å². The summed E-state index contributed by atoms with van der Waals surface area (Å²) in [6.07, 6.45) is 5.23. The van der Waals surface area contributed by atoms with E-state index < -0.39 is 0 Å². The highest BCUT2D eigenvalue weighted by molar-refractivity contribution is 5.93. The van der Waals surface area contributed by atoms with E-state index >= 15 is 0 Å². The molecule has 0 radical (unpaired) electrons. The largest absolute Gasteiger partial charge is 0.396 e. The summed E-state index contributed by atoms with van der Waals surface area (Å²) in [6.45, 7) is 3.52. The van der Waals surface area contributed by atoms with Crippen LogP contribution >= 0.6 is 0 Å². The Bertz CT molecular complexity index is 693. The molecule has 7 heteroatoms. The van der Waals surface area contributed by atoms with Crippen LogP contribution in [-0.2, 0) is 0 Å². The van der Waals surface area contributed by atoms with E-state index in [-0.39, 0.29) is 12.5 Å². The minimum absolute atomic E-state index is 0.174. The standard InChI is InChI=1S/C19H25N5O2/c25-14-15-5-4-9-24(13-15)10-8-20-18(26)16-11-21-19(22-12-16)23-17-6-2-1-3-7-17/h1-3,6-7,11-12,15,25H,4-5,8-10,13-14H2,(H,20,26)(H,21,22,23). The molecule has 1 aliphatic heterocycles. The Morgan fingerprint density at radius 2 is 2.00 bits per heavy atom. The SMILES string of the molecule is O=C(NCCN1CCCC(CO)C1)c1cnc(Nc2ccccc2)nc1. The Morgan fingerprint density at radius 3 is 2.73 bits per heavy atom. The van der Waals surface area contributed by atoms with Gasteiger partial charge < -0.3 is 20.6 Å². The van der Waals surface area contributed by atoms with E-state index in [2.05, 4.69) is 25.5 Å². The number of aliphatic hydroxyl groups is 1. The highest BCUT2D eigenvalue weighted by Crippen LogP contribution is 2.15. The van der Waals surface area contributed by atoms with Crippen molar-refractivity contribution in [1.82, 2.24) is 20.2 Å². The zero-order valence-corrected chi connectivity index (χ0v) is 14.8. The second-order valence-electron chi connectivity index (χ2n) is 6.53. The lowest BCUT2D eigenvalue weighted by Gasteiger charge is -2.31. The van der Waals surface area contributed by atoms with Gasteiger partial charge in [0.1, 0.15) is 0 Å². The van der Waals surface area contributed by atoms with E-state index in [1.807, 2.05) is 30.3 Å². The number of carbonyl (C=O) groups excluding carboxylic acids is 1. The Labute approximate surface area is 153 Å². The van der Waals surface area contributed by atoms with Gasteiger partial charge in [0.25, 0.3) is 5.91 Å². The van der Waals surface area contributed by atoms with Crippen LogP contribution in [0.25, 0.3) is 0 Å². The smallest absolute Gasteiger partial charge is 0.254 e. The van der Waals surface area contributed by atoms with Crippen LogP contribution in [0.5, 0.6) is 0 Å². The number of aliphatic hydroxyl groups excluding tert-OH is 1. The van der Waals surface area contributed by atoms with Crippen LogP contribution in [0.1, 0.15) is 23.2 Å². The number of rotatable bonds is 7. The molecule has 1 aromatic heterocycles. The first-order valence-electron chi connectivity index (χ1n) is 9.00. The number of nitrogens with zero attached hydrogens (tertiary/aromatic N) is 3. The molecule has 1 atom stereocenters. The average Bonchev–Trinajstić information content (AvgIpc) is 2.69. The van der Waals surface area contributed by atoms with Gasteiger partial charge in [-0.05, 0) is 37.4 Å². The molecule has 2 aromatic rings. The fraction of sp³-hybridized carbons (Fsp3) is 0.421. The van der Waals surface area contributed by atoms with Gasteiger partial charge in [0.05, 0.1) is 5.56 Å². The summed E-state index contributed by atoms with van der Waals surface area (Å²) in [5.41, 5.74) is 1.34. The molecular formula is C19H25N5O2. The van der Waals surface area contributed by atoms with Crippen LogP contribution in [-0.4, -0.2) is 58.7 Å². The maximum atomic E-state index is 12.2. The zero-order valence-electron chi connectivity index (χ0n) is 14.8. The molecule has 0 saturated carbocycles. The van der Waals surface area contributed by atoms with E-state index in [0.717, 1.165) is 38.2 Å². The van der Waals surface area contributed by atoms with Crippen molar-refractivity contribution in [1.29, 1.82) is 0 Å². The van der Waals surface area contributed by atoms with Crippen molar-refractivity contribution in [3.8, 4) is 0 Å². The van der Waals surface area contributed by atoms with Gasteiger partial charge in [-0.25, -0.2) is 9.97 Å². The summed E-state index contributed by atoms with van der Waals surface area (Å²) in [6, 6.07) is 9.63. The predicted molar refractivity (Wildman–Crippen MR) is 100 cm³/mol. The summed E-state index contributed by atoms with van der Waals surface area (Å²) in [5, 5.41) is 15.3. The van der Waals surface area contributed by atoms with Crippen molar-refractivity contribution >= 4 is 17.5 Å². The number of hydrogen-bond donors (Lipinski definition) is 3. The van der Waals surface area contributed by atoms with Crippen molar-refractivity contribution in [3.63, 3.8) is 0 Å². The molecule has 1 amide bonds. The van der Waals surface area contributed by atoms with Crippen LogP contribution in [0.15, 0.2) is 42.7 Å². The molecule has 1 unspecified atom stereocenters. The second kappa shape index (κ2) is 9.26. The van der Waals surface area contributed by atoms with Gasteiger partial charge in [-0.15, -0.1) is 0 Å². The number of carbonyl (C=O) groups is 1. The average molecular weight is 355 g/mol. The van der Waals surface area contributed by atoms with Crippen LogP contribution in [0.2, 0.25) is 0 Å². The molecular weight excluding hydrogens is 330 g/mol. The number of amides is 1. The van der Waals surface area contributed by atoms with Crippen LogP contribution in [0, 0.1) is 5.92 Å². The summed E-state index contributed by atoms with van der Waals surface area (Å²) in [7, 11) is 0. The van der Waals surface area contributed by atoms with E-state index in [9.17, 15) is 9.90 Å². The molecule has 0 aliphatic carbocycles. The first-order chi connectivity index (χ1) is 12.7. The minimum atomic E-state index is -0.174. The van der Waals surface area contributed by atoms with Crippen molar-refractivity contribution in [2.45, 2.75) is 12.8 Å². The molecule has 1 aliphatic rings. The number of nitrogens with one attached hydrogen (secondary N) is 2. The van der Waals surface area contributed by atoms with Crippen molar-refractivity contribution in [2.24, 2.45) is 5.92 Å². The fourth-order valence-corrected chi connectivity index (χ4v) is 3.09. The molecule has 0 spiro atoms. The van der Waals surface area contributed by atoms with Gasteiger partial charge in [0, 0.05) is 44.3 Å². The van der Waals surface area contributed by atoms with Crippen LogP contribution in [0.3, 0.4) is 0 Å². The van der Waals surface area contributed by atoms with Gasteiger partial charge in [-0.3, -0.25) is 4.79 Å². The van der Waals surface area contributed by atoms with Gasteiger partial charge >= 0.3 is 0 Å². The Hall–Kier alpha value is -2.51. The molecule has 1 fully saturated rings. The van der Waals surface area contributed by atoms with Crippen LogP contribution in [0.4, 0.5) is 11.6 Å². The number of benzene rings is 1. The second-order valence-corrected chi connectivity index (χ2v) is 6.53. The normalized spacial score (nSPS) is 17.7. The number of anilines is 2. The number of hydrogen-bond acceptors (Lipinski definition) is 6. The molecule has 0 bridgehead atoms. The maximum absolute atomic E-state index is 12.2. The Balaban J connectivity index is 1.44. The Kier molecular flexibility index (Phi) is 6.51. The highest BCUT2D eigenvalue weighted by atomic mass is 16.3. The third kappa shape index (κ3) is 5.24.